The molecule has 0 bridgehead atoms. The van der Waals surface area contributed by atoms with Crippen LogP contribution in [-0.2, 0) is 0 Å². The number of nitrogen functional groups attached to an aromatic ring is 1. The second-order valence-corrected chi connectivity index (χ2v) is 5.32. The molecule has 2 rings (SSSR count). The number of nitrogens with zero attached hydrogens (tertiary/aromatic N) is 3. The number of rotatable bonds is 3. The van der Waals surface area contributed by atoms with E-state index in [0.717, 1.165) is 10.2 Å². The number of halogens is 1. The largest absolute Gasteiger partial charge is 0.382 e. The van der Waals surface area contributed by atoms with Gasteiger partial charge in [0.2, 0.25) is 0 Å². The zero-order valence-electron chi connectivity index (χ0n) is 10.7. The van der Waals surface area contributed by atoms with Crippen LogP contribution in [0.2, 0.25) is 0 Å². The van der Waals surface area contributed by atoms with E-state index in [1.165, 1.54) is 0 Å². The highest BCUT2D eigenvalue weighted by Gasteiger charge is 2.16. The molecule has 1 aromatic carbocycles. The zero-order valence-corrected chi connectivity index (χ0v) is 12.3. The lowest BCUT2D eigenvalue weighted by atomic mass is 10.3. The van der Waals surface area contributed by atoms with E-state index in [4.69, 9.17) is 5.73 Å². The zero-order chi connectivity index (χ0) is 14.0. The normalized spacial score (nSPS) is 10.5. The van der Waals surface area contributed by atoms with Crippen LogP contribution in [-0.4, -0.2) is 15.8 Å². The highest BCUT2D eigenvalue weighted by molar-refractivity contribution is 9.10. The van der Waals surface area contributed by atoms with E-state index in [-0.39, 0.29) is 6.04 Å². The summed E-state index contributed by atoms with van der Waals surface area (Å²) in [5.74, 6) is 0.853. The maximum Gasteiger partial charge on any atom is 0.168 e. The van der Waals surface area contributed by atoms with Gasteiger partial charge in [-0.25, -0.2) is 4.68 Å². The first-order chi connectivity index (χ1) is 9.02. The average molecular weight is 320 g/mol. The molecule has 0 aliphatic heterocycles. The number of hydrogen-bond acceptors (Lipinski definition) is 4. The van der Waals surface area contributed by atoms with Gasteiger partial charge in [0, 0.05) is 10.5 Å². The van der Waals surface area contributed by atoms with Crippen LogP contribution < -0.4 is 11.1 Å². The van der Waals surface area contributed by atoms with Crippen molar-refractivity contribution in [1.82, 2.24) is 9.78 Å². The second-order valence-electron chi connectivity index (χ2n) is 4.41. The smallest absolute Gasteiger partial charge is 0.168 e. The number of hydrogen-bond donors (Lipinski definition) is 2. The van der Waals surface area contributed by atoms with Gasteiger partial charge in [-0.1, -0.05) is 15.9 Å². The number of aromatic nitrogens is 2. The first-order valence-electron chi connectivity index (χ1n) is 5.84. The molecular formula is C13H14BrN5. The molecule has 98 valence electrons. The molecule has 6 heteroatoms. The van der Waals surface area contributed by atoms with Crippen LogP contribution in [0, 0.1) is 11.3 Å². The maximum atomic E-state index is 9.19. The van der Waals surface area contributed by atoms with Crippen LogP contribution in [0.5, 0.6) is 0 Å². The monoisotopic (exact) mass is 319 g/mol. The lowest BCUT2D eigenvalue weighted by Gasteiger charge is -2.06. The highest BCUT2D eigenvalue weighted by atomic mass is 79.9. The van der Waals surface area contributed by atoms with Crippen molar-refractivity contribution >= 4 is 27.6 Å². The molecule has 0 saturated heterocycles. The lowest BCUT2D eigenvalue weighted by Crippen LogP contribution is -2.11. The standard InChI is InChI=1S/C13H14BrN5/c1-8(2)17-13-11(7-15)12(16)19(18-13)10-5-3-9(14)4-6-10/h3-6,8H,16H2,1-2H3,(H,17,18). The van der Waals surface area contributed by atoms with Crippen molar-refractivity contribution in [2.24, 2.45) is 0 Å². The molecule has 0 fully saturated rings. The van der Waals surface area contributed by atoms with E-state index in [2.05, 4.69) is 32.4 Å². The number of nitriles is 1. The fourth-order valence-electron chi connectivity index (χ4n) is 1.69. The molecule has 0 spiro atoms. The van der Waals surface area contributed by atoms with E-state index < -0.39 is 0 Å². The Hall–Kier alpha value is -2.00. The summed E-state index contributed by atoms with van der Waals surface area (Å²) in [6.45, 7) is 3.96. The Balaban J connectivity index is 2.50. The lowest BCUT2D eigenvalue weighted by molar-refractivity contribution is 0.850. The van der Waals surface area contributed by atoms with Crippen LogP contribution in [0.25, 0.3) is 5.69 Å². The Kier molecular flexibility index (Phi) is 3.76. The van der Waals surface area contributed by atoms with E-state index in [1.807, 2.05) is 38.1 Å². The average Bonchev–Trinajstić information content (AvgIpc) is 2.66. The summed E-state index contributed by atoms with van der Waals surface area (Å²) in [4.78, 5) is 0. The van der Waals surface area contributed by atoms with Crippen molar-refractivity contribution in [3.8, 4) is 11.8 Å². The third-order valence-electron chi connectivity index (χ3n) is 2.53. The Labute approximate surface area is 120 Å². The molecule has 2 aromatic rings. The fourth-order valence-corrected chi connectivity index (χ4v) is 1.96. The minimum atomic E-state index is 0.180. The Morgan fingerprint density at radius 1 is 1.37 bits per heavy atom. The molecular weight excluding hydrogens is 306 g/mol. The summed E-state index contributed by atoms with van der Waals surface area (Å²) in [5.41, 5.74) is 7.17. The summed E-state index contributed by atoms with van der Waals surface area (Å²) < 4.78 is 2.54. The van der Waals surface area contributed by atoms with E-state index in [1.54, 1.807) is 4.68 Å². The maximum absolute atomic E-state index is 9.19. The van der Waals surface area contributed by atoms with E-state index in [9.17, 15) is 5.26 Å². The predicted molar refractivity (Wildman–Crippen MR) is 79.2 cm³/mol. The number of nitrogens with one attached hydrogen (secondary N) is 1. The minimum absolute atomic E-state index is 0.180. The molecule has 0 radical (unpaired) electrons. The van der Waals surface area contributed by atoms with Crippen LogP contribution in [0.4, 0.5) is 11.6 Å². The van der Waals surface area contributed by atoms with Crippen molar-refractivity contribution < 1.29 is 0 Å². The van der Waals surface area contributed by atoms with Gasteiger partial charge < -0.3 is 11.1 Å². The van der Waals surface area contributed by atoms with Crippen molar-refractivity contribution in [2.75, 3.05) is 11.1 Å². The molecule has 0 atom stereocenters. The molecule has 5 nitrogen and oxygen atoms in total. The summed E-state index contributed by atoms with van der Waals surface area (Å²) in [7, 11) is 0. The molecule has 0 unspecified atom stereocenters. The van der Waals surface area contributed by atoms with Gasteiger partial charge in [0.25, 0.3) is 0 Å². The molecule has 0 amide bonds. The van der Waals surface area contributed by atoms with Crippen molar-refractivity contribution in [3.63, 3.8) is 0 Å². The quantitative estimate of drug-likeness (QED) is 0.911. The van der Waals surface area contributed by atoms with Crippen molar-refractivity contribution in [3.05, 3.63) is 34.3 Å². The van der Waals surface area contributed by atoms with Crippen LogP contribution in [0.1, 0.15) is 19.4 Å². The molecule has 1 heterocycles. The van der Waals surface area contributed by atoms with Gasteiger partial charge in [0.1, 0.15) is 17.5 Å². The summed E-state index contributed by atoms with van der Waals surface area (Å²) in [5, 5.41) is 16.7. The first kappa shape index (κ1) is 13.4. The highest BCUT2D eigenvalue weighted by Crippen LogP contribution is 2.25. The first-order valence-corrected chi connectivity index (χ1v) is 6.63. The predicted octanol–water partition coefficient (Wildman–Crippen LogP) is 2.91. The molecule has 19 heavy (non-hydrogen) atoms. The van der Waals surface area contributed by atoms with Gasteiger partial charge >= 0.3 is 0 Å². The number of anilines is 2. The van der Waals surface area contributed by atoms with Gasteiger partial charge in [-0.3, -0.25) is 0 Å². The number of nitrogens with two attached hydrogens (primary N) is 1. The SMILES string of the molecule is CC(C)Nc1nn(-c2ccc(Br)cc2)c(N)c1C#N. The third kappa shape index (κ3) is 2.71. The van der Waals surface area contributed by atoms with Gasteiger partial charge in [-0.15, -0.1) is 5.10 Å². The Morgan fingerprint density at radius 2 is 2.00 bits per heavy atom. The van der Waals surface area contributed by atoms with Gasteiger partial charge in [-0.05, 0) is 38.1 Å². The van der Waals surface area contributed by atoms with Crippen molar-refractivity contribution in [2.45, 2.75) is 19.9 Å². The summed E-state index contributed by atoms with van der Waals surface area (Å²) in [6.07, 6.45) is 0. The third-order valence-corrected chi connectivity index (χ3v) is 3.06. The number of benzene rings is 1. The second kappa shape index (κ2) is 5.33. The van der Waals surface area contributed by atoms with E-state index >= 15 is 0 Å². The van der Waals surface area contributed by atoms with Crippen LogP contribution in [0.3, 0.4) is 0 Å². The Bertz CT molecular complexity index is 622. The minimum Gasteiger partial charge on any atom is -0.382 e. The van der Waals surface area contributed by atoms with Gasteiger partial charge in [0.15, 0.2) is 5.82 Å². The molecule has 0 aliphatic carbocycles. The molecule has 0 saturated carbocycles. The van der Waals surface area contributed by atoms with Gasteiger partial charge in [-0.2, -0.15) is 5.26 Å². The molecule has 0 aliphatic rings. The van der Waals surface area contributed by atoms with Crippen LogP contribution >= 0.6 is 15.9 Å². The van der Waals surface area contributed by atoms with E-state index in [0.29, 0.717) is 17.2 Å². The fraction of sp³-hybridized carbons (Fsp3) is 0.231. The summed E-state index contributed by atoms with van der Waals surface area (Å²) >= 11 is 3.38. The van der Waals surface area contributed by atoms with Crippen LogP contribution in [0.15, 0.2) is 28.7 Å². The molecule has 1 aromatic heterocycles. The van der Waals surface area contributed by atoms with Crippen molar-refractivity contribution in [1.29, 1.82) is 5.26 Å². The topological polar surface area (TPSA) is 79.7 Å². The van der Waals surface area contributed by atoms with Gasteiger partial charge in [0.05, 0.1) is 5.69 Å². The Morgan fingerprint density at radius 3 is 2.53 bits per heavy atom. The molecule has 3 N–H and O–H groups in total. The summed E-state index contributed by atoms with van der Waals surface area (Å²) in [6, 6.07) is 9.84.